The van der Waals surface area contributed by atoms with E-state index in [2.05, 4.69) is 11.1 Å². The van der Waals surface area contributed by atoms with E-state index in [9.17, 15) is 15.2 Å². The third kappa shape index (κ3) is 3.91. The first kappa shape index (κ1) is 20.0. The van der Waals surface area contributed by atoms with Crippen LogP contribution >= 0.6 is 0 Å². The molecule has 1 amide bonds. The maximum absolute atomic E-state index is 13.1. The van der Waals surface area contributed by atoms with Crippen molar-refractivity contribution < 1.29 is 14.6 Å². The van der Waals surface area contributed by atoms with Crippen LogP contribution in [-0.4, -0.2) is 52.8 Å². The van der Waals surface area contributed by atoms with Crippen LogP contribution in [0.4, 0.5) is 0 Å². The summed E-state index contributed by atoms with van der Waals surface area (Å²) in [6, 6.07) is 12.6. The van der Waals surface area contributed by atoms with Crippen LogP contribution in [0, 0.1) is 11.3 Å². The summed E-state index contributed by atoms with van der Waals surface area (Å²) < 4.78 is 5.31. The summed E-state index contributed by atoms with van der Waals surface area (Å²) in [4.78, 5) is 19.4. The molecule has 28 heavy (non-hydrogen) atoms. The molecule has 146 valence electrons. The molecule has 1 saturated heterocycles. The molecular weight excluding hydrogens is 354 g/mol. The number of rotatable bonds is 5. The van der Waals surface area contributed by atoms with E-state index >= 15 is 0 Å². The fourth-order valence-corrected chi connectivity index (χ4v) is 3.43. The number of aromatic nitrogens is 1. The molecule has 1 aromatic carbocycles. The zero-order valence-corrected chi connectivity index (χ0v) is 16.4. The molecule has 2 heterocycles. The lowest BCUT2D eigenvalue weighted by atomic mass is 10.0. The Balaban J connectivity index is 1.98. The van der Waals surface area contributed by atoms with Gasteiger partial charge in [0, 0.05) is 23.4 Å². The molecule has 0 unspecified atom stereocenters. The van der Waals surface area contributed by atoms with Crippen LogP contribution in [0.25, 0.3) is 11.3 Å². The maximum Gasteiger partial charge on any atom is 0.254 e. The number of benzene rings is 1. The predicted octanol–water partition coefficient (Wildman–Crippen LogP) is 2.97. The molecule has 1 aliphatic rings. The highest BCUT2D eigenvalue weighted by Gasteiger charge is 2.34. The van der Waals surface area contributed by atoms with Crippen molar-refractivity contribution in [2.45, 2.75) is 38.8 Å². The lowest BCUT2D eigenvalue weighted by molar-refractivity contribution is 0.0520. The highest BCUT2D eigenvalue weighted by atomic mass is 16.5. The first-order valence-electron chi connectivity index (χ1n) is 9.54. The Morgan fingerprint density at radius 2 is 2.14 bits per heavy atom. The zero-order chi connectivity index (χ0) is 20.3. The largest absolute Gasteiger partial charge is 0.388 e. The van der Waals surface area contributed by atoms with Gasteiger partial charge in [-0.25, -0.2) is 0 Å². The Kier molecular flexibility index (Phi) is 6.08. The van der Waals surface area contributed by atoms with Crippen molar-refractivity contribution >= 4 is 5.91 Å². The average molecular weight is 379 g/mol. The van der Waals surface area contributed by atoms with Gasteiger partial charge >= 0.3 is 0 Å². The number of carbonyl (C=O) groups is 1. The van der Waals surface area contributed by atoms with Crippen LogP contribution in [0.5, 0.6) is 0 Å². The number of nitrogens with zero attached hydrogens (tertiary/aromatic N) is 3. The topological polar surface area (TPSA) is 86.5 Å². The van der Waals surface area contributed by atoms with Crippen molar-refractivity contribution in [3.63, 3.8) is 0 Å². The SMILES string of the molecule is CCN(C(=O)c1cccc(-c2nc(C(C)C)ccc2C#N)c1)[C@H]1COC[C@@H]1O. The molecule has 0 aliphatic carbocycles. The van der Waals surface area contributed by atoms with Gasteiger partial charge in [-0.15, -0.1) is 0 Å². The van der Waals surface area contributed by atoms with Crippen molar-refractivity contribution in [2.75, 3.05) is 19.8 Å². The average Bonchev–Trinajstić information content (AvgIpc) is 3.13. The highest BCUT2D eigenvalue weighted by molar-refractivity contribution is 5.95. The van der Waals surface area contributed by atoms with E-state index in [0.29, 0.717) is 30.0 Å². The summed E-state index contributed by atoms with van der Waals surface area (Å²) in [5.74, 6) is 0.0631. The quantitative estimate of drug-likeness (QED) is 0.863. The summed E-state index contributed by atoms with van der Waals surface area (Å²) in [5, 5.41) is 19.6. The number of amides is 1. The molecule has 6 nitrogen and oxygen atoms in total. The lowest BCUT2D eigenvalue weighted by Crippen LogP contribution is -2.46. The zero-order valence-electron chi connectivity index (χ0n) is 16.4. The van der Waals surface area contributed by atoms with Crippen LogP contribution in [0.3, 0.4) is 0 Å². The van der Waals surface area contributed by atoms with Gasteiger partial charge in [0.25, 0.3) is 5.91 Å². The molecule has 3 rings (SSSR count). The molecule has 0 radical (unpaired) electrons. The Morgan fingerprint density at radius 1 is 1.36 bits per heavy atom. The van der Waals surface area contributed by atoms with Gasteiger partial charge in [0.05, 0.1) is 36.6 Å². The first-order chi connectivity index (χ1) is 13.5. The third-order valence-corrected chi connectivity index (χ3v) is 5.03. The molecule has 6 heteroatoms. The van der Waals surface area contributed by atoms with Crippen LogP contribution in [0.2, 0.25) is 0 Å². The van der Waals surface area contributed by atoms with E-state index < -0.39 is 6.10 Å². The van der Waals surface area contributed by atoms with Gasteiger partial charge in [0.15, 0.2) is 0 Å². The number of carbonyl (C=O) groups excluding carboxylic acids is 1. The number of pyridine rings is 1. The second-order valence-corrected chi connectivity index (χ2v) is 7.24. The van der Waals surface area contributed by atoms with Crippen molar-refractivity contribution in [1.82, 2.24) is 9.88 Å². The number of likely N-dealkylation sites (N-methyl/N-ethyl adjacent to an activating group) is 1. The van der Waals surface area contributed by atoms with E-state index in [1.165, 1.54) is 0 Å². The van der Waals surface area contributed by atoms with Gasteiger partial charge in [0.2, 0.25) is 0 Å². The normalized spacial score (nSPS) is 18.9. The van der Waals surface area contributed by atoms with Crippen LogP contribution in [-0.2, 0) is 4.74 Å². The number of aliphatic hydroxyl groups is 1. The minimum absolute atomic E-state index is 0.169. The summed E-state index contributed by atoms with van der Waals surface area (Å²) >= 11 is 0. The molecule has 1 aliphatic heterocycles. The monoisotopic (exact) mass is 379 g/mol. The minimum Gasteiger partial charge on any atom is -0.388 e. The molecule has 2 aromatic rings. The van der Waals surface area contributed by atoms with Crippen molar-refractivity contribution in [3.05, 3.63) is 53.2 Å². The van der Waals surface area contributed by atoms with Crippen LogP contribution < -0.4 is 0 Å². The highest BCUT2D eigenvalue weighted by Crippen LogP contribution is 2.26. The second kappa shape index (κ2) is 8.51. The van der Waals surface area contributed by atoms with Gasteiger partial charge < -0.3 is 14.7 Å². The number of hydrogen-bond donors (Lipinski definition) is 1. The molecule has 1 aromatic heterocycles. The van der Waals surface area contributed by atoms with E-state index in [1.807, 2.05) is 32.9 Å². The second-order valence-electron chi connectivity index (χ2n) is 7.24. The van der Waals surface area contributed by atoms with Crippen LogP contribution in [0.15, 0.2) is 36.4 Å². The Labute approximate surface area is 165 Å². The van der Waals surface area contributed by atoms with Crippen LogP contribution in [0.1, 0.15) is 48.3 Å². The van der Waals surface area contributed by atoms with Crippen molar-refractivity contribution in [2.24, 2.45) is 0 Å². The molecule has 1 fully saturated rings. The maximum atomic E-state index is 13.1. The van der Waals surface area contributed by atoms with Crippen molar-refractivity contribution in [1.29, 1.82) is 5.26 Å². The van der Waals surface area contributed by atoms with E-state index in [4.69, 9.17) is 4.74 Å². The van der Waals surface area contributed by atoms with Gasteiger partial charge in [-0.05, 0) is 37.1 Å². The Bertz CT molecular complexity index is 904. The van der Waals surface area contributed by atoms with Gasteiger partial charge in [-0.1, -0.05) is 26.0 Å². The molecule has 1 N–H and O–H groups in total. The van der Waals surface area contributed by atoms with Gasteiger partial charge in [-0.2, -0.15) is 5.26 Å². The van der Waals surface area contributed by atoms with Gasteiger partial charge in [-0.3, -0.25) is 9.78 Å². The van der Waals surface area contributed by atoms with E-state index in [1.54, 1.807) is 29.2 Å². The fraction of sp³-hybridized carbons (Fsp3) is 0.409. The molecular formula is C22H25N3O3. The Morgan fingerprint density at radius 3 is 2.75 bits per heavy atom. The number of hydrogen-bond acceptors (Lipinski definition) is 5. The molecule has 0 bridgehead atoms. The number of ether oxygens (including phenoxy) is 1. The standard InChI is InChI=1S/C22H25N3O3/c1-4-25(19-12-28-13-20(19)26)22(27)16-7-5-6-15(10-16)21-17(11-23)8-9-18(24-21)14(2)3/h5-10,14,19-20,26H,4,12-13H2,1-3H3/t19-,20-/m0/s1. The first-order valence-corrected chi connectivity index (χ1v) is 9.54. The lowest BCUT2D eigenvalue weighted by Gasteiger charge is -2.29. The molecule has 0 saturated carbocycles. The predicted molar refractivity (Wildman–Crippen MR) is 106 cm³/mol. The minimum atomic E-state index is -0.679. The molecule has 0 spiro atoms. The summed E-state index contributed by atoms with van der Waals surface area (Å²) in [6.07, 6.45) is -0.679. The van der Waals surface area contributed by atoms with E-state index in [0.717, 1.165) is 11.3 Å². The fourth-order valence-electron chi connectivity index (χ4n) is 3.43. The number of nitriles is 1. The van der Waals surface area contributed by atoms with Crippen molar-refractivity contribution in [3.8, 4) is 17.3 Å². The number of aliphatic hydroxyl groups excluding tert-OH is 1. The summed E-state index contributed by atoms with van der Waals surface area (Å²) in [6.45, 7) is 7.02. The smallest absolute Gasteiger partial charge is 0.254 e. The summed E-state index contributed by atoms with van der Waals surface area (Å²) in [5.41, 5.74) is 3.17. The third-order valence-electron chi connectivity index (χ3n) is 5.03. The molecule has 2 atom stereocenters. The van der Waals surface area contributed by atoms with E-state index in [-0.39, 0.29) is 24.5 Å². The Hall–Kier alpha value is -2.75. The van der Waals surface area contributed by atoms with Gasteiger partial charge in [0.1, 0.15) is 6.07 Å². The summed E-state index contributed by atoms with van der Waals surface area (Å²) in [7, 11) is 0.